The molecule has 178 valence electrons. The van der Waals surface area contributed by atoms with Gasteiger partial charge in [0.05, 0.1) is 10.6 Å². The summed E-state index contributed by atoms with van der Waals surface area (Å²) in [7, 11) is -2.13. The lowest BCUT2D eigenvalue weighted by Crippen LogP contribution is -2.20. The number of halogens is 3. The van der Waals surface area contributed by atoms with Crippen molar-refractivity contribution in [3.05, 3.63) is 89.4 Å². The lowest BCUT2D eigenvalue weighted by Gasteiger charge is -2.17. The second kappa shape index (κ2) is 9.86. The fraction of sp³-hybridized carbons (Fsp3) is 0.208. The van der Waals surface area contributed by atoms with Crippen molar-refractivity contribution >= 4 is 26.7 Å². The van der Waals surface area contributed by atoms with E-state index in [1.807, 2.05) is 13.1 Å². The molecule has 4 rings (SSSR count). The summed E-state index contributed by atoms with van der Waals surface area (Å²) in [5.41, 5.74) is 2.38. The van der Waals surface area contributed by atoms with Gasteiger partial charge >= 0.3 is 0 Å². The van der Waals surface area contributed by atoms with Gasteiger partial charge in [0, 0.05) is 23.7 Å². The molecule has 0 saturated heterocycles. The van der Waals surface area contributed by atoms with Gasteiger partial charge in [0.15, 0.2) is 17.2 Å². The Morgan fingerprint density at radius 2 is 1.82 bits per heavy atom. The number of nitrogens with zero attached hydrogens (tertiary/aromatic N) is 2. The van der Waals surface area contributed by atoms with Crippen LogP contribution in [0.5, 0.6) is 0 Å². The topological polar surface area (TPSA) is 75.4 Å². The lowest BCUT2D eigenvalue weighted by atomic mass is 10.1. The molecule has 6 nitrogen and oxygen atoms in total. The molecule has 0 unspecified atom stereocenters. The Bertz CT molecular complexity index is 1420. The summed E-state index contributed by atoms with van der Waals surface area (Å²) in [6.07, 6.45) is 1.45. The van der Waals surface area contributed by atoms with Crippen molar-refractivity contribution in [3.63, 3.8) is 0 Å². The molecule has 1 N–H and O–H groups in total. The smallest absolute Gasteiger partial charge is 0.261 e. The summed E-state index contributed by atoms with van der Waals surface area (Å²) in [6.45, 7) is 1.30. The molecule has 0 bridgehead atoms. The van der Waals surface area contributed by atoms with E-state index in [0.717, 1.165) is 41.7 Å². The predicted molar refractivity (Wildman–Crippen MR) is 122 cm³/mol. The predicted octanol–water partition coefficient (Wildman–Crippen LogP) is 5.11. The first-order chi connectivity index (χ1) is 16.2. The van der Waals surface area contributed by atoms with E-state index < -0.39 is 21.7 Å². The van der Waals surface area contributed by atoms with Gasteiger partial charge in [0.25, 0.3) is 10.0 Å². The zero-order valence-corrected chi connectivity index (χ0v) is 19.1. The minimum Gasteiger partial charge on any atom is -0.356 e. The average Bonchev–Trinajstić information content (AvgIpc) is 3.17. The summed E-state index contributed by atoms with van der Waals surface area (Å²) >= 11 is 0. The van der Waals surface area contributed by atoms with Crippen molar-refractivity contribution in [2.45, 2.75) is 24.3 Å². The quantitative estimate of drug-likeness (QED) is 0.354. The Hall–Kier alpha value is -3.37. The van der Waals surface area contributed by atoms with Gasteiger partial charge < -0.3 is 9.42 Å². The highest BCUT2D eigenvalue weighted by atomic mass is 32.2. The van der Waals surface area contributed by atoms with Gasteiger partial charge in [-0.15, -0.1) is 0 Å². The normalized spacial score (nSPS) is 11.9. The second-order valence-corrected chi connectivity index (χ2v) is 9.68. The van der Waals surface area contributed by atoms with Crippen molar-refractivity contribution < 1.29 is 26.1 Å². The molecule has 34 heavy (non-hydrogen) atoms. The fourth-order valence-corrected chi connectivity index (χ4v) is 4.70. The van der Waals surface area contributed by atoms with E-state index in [9.17, 15) is 21.6 Å². The number of hydrogen-bond acceptors (Lipinski definition) is 5. The number of benzene rings is 3. The Morgan fingerprint density at radius 3 is 2.62 bits per heavy atom. The van der Waals surface area contributed by atoms with Crippen LogP contribution in [0.2, 0.25) is 0 Å². The highest BCUT2D eigenvalue weighted by molar-refractivity contribution is 7.92. The van der Waals surface area contributed by atoms with Gasteiger partial charge in [-0.2, -0.15) is 0 Å². The van der Waals surface area contributed by atoms with Gasteiger partial charge in [0.1, 0.15) is 5.82 Å². The fourth-order valence-electron chi connectivity index (χ4n) is 3.64. The standard InChI is InChI=1S/C24H22F3N3O3S/c1-30(11-3-6-23-20-9-7-17(25)13-24(20)33-28-23)15-16-4-2-5-18(12-16)29-34(31,32)19-8-10-21(26)22(27)14-19/h2,4-5,7-10,12-14,29H,3,6,11,15H2,1H3. The second-order valence-electron chi connectivity index (χ2n) is 7.99. The van der Waals surface area contributed by atoms with Gasteiger partial charge in [-0.05, 0) is 74.5 Å². The van der Waals surface area contributed by atoms with Crippen molar-refractivity contribution in [1.29, 1.82) is 0 Å². The molecule has 0 aliphatic carbocycles. The molecule has 3 aromatic carbocycles. The molecule has 10 heteroatoms. The van der Waals surface area contributed by atoms with E-state index >= 15 is 0 Å². The number of nitrogens with one attached hydrogen (secondary N) is 1. The number of aryl methyl sites for hydroxylation is 1. The van der Waals surface area contributed by atoms with Crippen LogP contribution in [0.1, 0.15) is 17.7 Å². The number of fused-ring (bicyclic) bond motifs is 1. The molecule has 0 atom stereocenters. The minimum atomic E-state index is -4.07. The minimum absolute atomic E-state index is 0.317. The third-order valence-corrected chi connectivity index (χ3v) is 6.67. The maximum absolute atomic E-state index is 13.4. The van der Waals surface area contributed by atoms with Crippen LogP contribution in [-0.4, -0.2) is 32.1 Å². The lowest BCUT2D eigenvalue weighted by molar-refractivity contribution is 0.320. The van der Waals surface area contributed by atoms with Crippen LogP contribution < -0.4 is 4.72 Å². The Kier molecular flexibility index (Phi) is 6.90. The van der Waals surface area contributed by atoms with E-state index in [1.54, 1.807) is 24.3 Å². The molecule has 4 aromatic rings. The van der Waals surface area contributed by atoms with Crippen LogP contribution >= 0.6 is 0 Å². The van der Waals surface area contributed by atoms with Gasteiger partial charge in [-0.25, -0.2) is 21.6 Å². The van der Waals surface area contributed by atoms with E-state index in [-0.39, 0.29) is 10.7 Å². The molecule has 1 heterocycles. The first-order valence-electron chi connectivity index (χ1n) is 10.5. The third kappa shape index (κ3) is 5.57. The van der Waals surface area contributed by atoms with E-state index in [0.29, 0.717) is 30.3 Å². The van der Waals surface area contributed by atoms with E-state index in [4.69, 9.17) is 4.52 Å². The van der Waals surface area contributed by atoms with Gasteiger partial charge in [0.2, 0.25) is 0 Å². The number of anilines is 1. The molecular weight excluding hydrogens is 467 g/mol. The third-order valence-electron chi connectivity index (χ3n) is 5.30. The Labute approximate surface area is 195 Å². The zero-order chi connectivity index (χ0) is 24.3. The summed E-state index contributed by atoms with van der Waals surface area (Å²) in [5, 5.41) is 4.82. The maximum atomic E-state index is 13.4. The number of sulfonamides is 1. The van der Waals surface area contributed by atoms with Gasteiger partial charge in [-0.1, -0.05) is 17.3 Å². The van der Waals surface area contributed by atoms with Crippen LogP contribution in [0.4, 0.5) is 18.9 Å². The number of aromatic nitrogens is 1. The summed E-state index contributed by atoms with van der Waals surface area (Å²) < 4.78 is 72.5. The molecule has 0 amide bonds. The molecule has 1 aromatic heterocycles. The largest absolute Gasteiger partial charge is 0.356 e. The molecule has 0 spiro atoms. The highest BCUT2D eigenvalue weighted by Crippen LogP contribution is 2.22. The first kappa shape index (κ1) is 23.8. The maximum Gasteiger partial charge on any atom is 0.261 e. The average molecular weight is 490 g/mol. The van der Waals surface area contributed by atoms with Crippen molar-refractivity contribution in [2.75, 3.05) is 18.3 Å². The summed E-state index contributed by atoms with van der Waals surface area (Å²) in [5.74, 6) is -2.72. The van der Waals surface area contributed by atoms with E-state index in [2.05, 4.69) is 14.8 Å². The first-order valence-corrected chi connectivity index (χ1v) is 12.0. The highest BCUT2D eigenvalue weighted by Gasteiger charge is 2.17. The van der Waals surface area contributed by atoms with Crippen LogP contribution in [-0.2, 0) is 23.0 Å². The zero-order valence-electron chi connectivity index (χ0n) is 18.3. The summed E-state index contributed by atoms with van der Waals surface area (Å²) in [6, 6.07) is 13.6. The number of hydrogen-bond donors (Lipinski definition) is 1. The van der Waals surface area contributed by atoms with Gasteiger partial charge in [-0.3, -0.25) is 4.72 Å². The Morgan fingerprint density at radius 1 is 1.00 bits per heavy atom. The van der Waals surface area contributed by atoms with E-state index in [1.165, 1.54) is 12.1 Å². The molecule has 0 fully saturated rings. The van der Waals surface area contributed by atoms with Crippen LogP contribution in [0.15, 0.2) is 70.1 Å². The molecule has 0 aliphatic rings. The van der Waals surface area contributed by atoms with Crippen LogP contribution in [0.3, 0.4) is 0 Å². The molecular formula is C24H22F3N3O3S. The van der Waals surface area contributed by atoms with Crippen molar-refractivity contribution in [1.82, 2.24) is 10.1 Å². The van der Waals surface area contributed by atoms with Crippen molar-refractivity contribution in [2.24, 2.45) is 0 Å². The van der Waals surface area contributed by atoms with Crippen LogP contribution in [0, 0.1) is 17.5 Å². The molecule has 0 radical (unpaired) electrons. The Balaban J connectivity index is 1.34. The number of rotatable bonds is 9. The molecule has 0 saturated carbocycles. The van der Waals surface area contributed by atoms with Crippen LogP contribution in [0.25, 0.3) is 11.0 Å². The van der Waals surface area contributed by atoms with Crippen molar-refractivity contribution in [3.8, 4) is 0 Å². The SMILES string of the molecule is CN(CCCc1noc2cc(F)ccc12)Cc1cccc(NS(=O)(=O)c2ccc(F)c(F)c2)c1. The molecule has 0 aliphatic heterocycles. The monoisotopic (exact) mass is 489 g/mol. The summed E-state index contributed by atoms with van der Waals surface area (Å²) in [4.78, 5) is 1.71.